The van der Waals surface area contributed by atoms with E-state index in [0.717, 1.165) is 6.42 Å². The monoisotopic (exact) mass is 198 g/mol. The van der Waals surface area contributed by atoms with Gasteiger partial charge in [0.05, 0.1) is 5.60 Å². The molecule has 0 aromatic rings. The molecule has 4 unspecified atom stereocenters. The van der Waals surface area contributed by atoms with E-state index in [1.54, 1.807) is 0 Å². The first-order chi connectivity index (χ1) is 6.39. The van der Waals surface area contributed by atoms with Crippen LogP contribution < -0.4 is 0 Å². The maximum atomic E-state index is 10.7. The van der Waals surface area contributed by atoms with E-state index in [2.05, 4.69) is 34.6 Å². The van der Waals surface area contributed by atoms with Gasteiger partial charge in [-0.05, 0) is 30.1 Å². The number of hydrogen-bond donors (Lipinski definition) is 1. The standard InChI is InChI=1S/C13H26O/c1-9(2)11(4)13(14)8-6-7-10(3)12(13)5/h9-12,14H,6-8H2,1-5H3. The SMILES string of the molecule is CC(C)C(C)C1(O)CCCC(C)C1C. The first-order valence-corrected chi connectivity index (χ1v) is 6.12. The zero-order valence-electron chi connectivity index (χ0n) is 10.4. The van der Waals surface area contributed by atoms with Gasteiger partial charge < -0.3 is 5.11 Å². The maximum absolute atomic E-state index is 10.7. The Labute approximate surface area is 88.9 Å². The van der Waals surface area contributed by atoms with Crippen molar-refractivity contribution >= 4 is 0 Å². The molecule has 0 spiro atoms. The van der Waals surface area contributed by atoms with E-state index < -0.39 is 5.60 Å². The Balaban J connectivity index is 2.80. The van der Waals surface area contributed by atoms with Crippen LogP contribution in [0.25, 0.3) is 0 Å². The van der Waals surface area contributed by atoms with Gasteiger partial charge in [0.25, 0.3) is 0 Å². The fourth-order valence-corrected chi connectivity index (χ4v) is 2.90. The van der Waals surface area contributed by atoms with Crippen LogP contribution in [0, 0.1) is 23.7 Å². The molecule has 1 aliphatic rings. The molecule has 0 saturated heterocycles. The van der Waals surface area contributed by atoms with Crippen LogP contribution in [0.5, 0.6) is 0 Å². The lowest BCUT2D eigenvalue weighted by Crippen LogP contribution is -2.49. The molecule has 1 fully saturated rings. The zero-order valence-corrected chi connectivity index (χ0v) is 10.4. The molecule has 1 saturated carbocycles. The van der Waals surface area contributed by atoms with E-state index >= 15 is 0 Å². The quantitative estimate of drug-likeness (QED) is 0.720. The van der Waals surface area contributed by atoms with Crippen molar-refractivity contribution < 1.29 is 5.11 Å². The summed E-state index contributed by atoms with van der Waals surface area (Å²) in [5.41, 5.74) is -0.411. The van der Waals surface area contributed by atoms with Crippen LogP contribution in [0.4, 0.5) is 0 Å². The molecular formula is C13H26O. The van der Waals surface area contributed by atoms with E-state index in [4.69, 9.17) is 0 Å². The Morgan fingerprint density at radius 1 is 1.21 bits per heavy atom. The van der Waals surface area contributed by atoms with Gasteiger partial charge in [0, 0.05) is 0 Å². The zero-order chi connectivity index (χ0) is 10.9. The van der Waals surface area contributed by atoms with Gasteiger partial charge in [0.2, 0.25) is 0 Å². The summed E-state index contributed by atoms with van der Waals surface area (Å²) in [7, 11) is 0. The second kappa shape index (κ2) is 4.22. The summed E-state index contributed by atoms with van der Waals surface area (Å²) in [6.07, 6.45) is 3.48. The predicted molar refractivity (Wildman–Crippen MR) is 61.1 cm³/mol. The number of rotatable bonds is 2. The summed E-state index contributed by atoms with van der Waals surface area (Å²) in [5.74, 6) is 2.12. The average Bonchev–Trinajstić information content (AvgIpc) is 2.12. The molecule has 0 aliphatic heterocycles. The second-order valence-electron chi connectivity index (χ2n) is 5.68. The fraction of sp³-hybridized carbons (Fsp3) is 1.00. The van der Waals surface area contributed by atoms with Crippen LogP contribution in [-0.4, -0.2) is 10.7 Å². The fourth-order valence-electron chi connectivity index (χ4n) is 2.90. The first kappa shape index (κ1) is 12.0. The third kappa shape index (κ3) is 1.98. The van der Waals surface area contributed by atoms with Crippen molar-refractivity contribution in [2.45, 2.75) is 59.5 Å². The van der Waals surface area contributed by atoms with Crippen LogP contribution in [-0.2, 0) is 0 Å². The van der Waals surface area contributed by atoms with Gasteiger partial charge in [-0.2, -0.15) is 0 Å². The van der Waals surface area contributed by atoms with E-state index in [1.165, 1.54) is 12.8 Å². The first-order valence-electron chi connectivity index (χ1n) is 6.12. The van der Waals surface area contributed by atoms with Crippen molar-refractivity contribution in [2.24, 2.45) is 23.7 Å². The van der Waals surface area contributed by atoms with Crippen LogP contribution in [0.3, 0.4) is 0 Å². The Hall–Kier alpha value is -0.0400. The predicted octanol–water partition coefficient (Wildman–Crippen LogP) is 3.47. The molecule has 14 heavy (non-hydrogen) atoms. The number of aliphatic hydroxyl groups is 1. The minimum absolute atomic E-state index is 0.411. The Morgan fingerprint density at radius 3 is 2.29 bits per heavy atom. The molecule has 0 amide bonds. The summed E-state index contributed by atoms with van der Waals surface area (Å²) in [6, 6.07) is 0. The minimum atomic E-state index is -0.411. The molecule has 1 N–H and O–H groups in total. The molecule has 0 aromatic carbocycles. The summed E-state index contributed by atoms with van der Waals surface area (Å²) >= 11 is 0. The normalized spacial score (nSPS) is 41.4. The smallest absolute Gasteiger partial charge is 0.0703 e. The molecule has 4 atom stereocenters. The molecule has 0 bridgehead atoms. The van der Waals surface area contributed by atoms with Crippen LogP contribution in [0.15, 0.2) is 0 Å². The highest BCUT2D eigenvalue weighted by molar-refractivity contribution is 4.95. The van der Waals surface area contributed by atoms with Gasteiger partial charge in [-0.1, -0.05) is 47.5 Å². The van der Waals surface area contributed by atoms with Gasteiger partial charge in [0.1, 0.15) is 0 Å². The third-order valence-corrected chi connectivity index (χ3v) is 4.67. The maximum Gasteiger partial charge on any atom is 0.0703 e. The van der Waals surface area contributed by atoms with Gasteiger partial charge in [-0.15, -0.1) is 0 Å². The molecule has 0 radical (unpaired) electrons. The Bertz CT molecular complexity index is 182. The van der Waals surface area contributed by atoms with Crippen LogP contribution >= 0.6 is 0 Å². The molecular weight excluding hydrogens is 172 g/mol. The van der Waals surface area contributed by atoms with Gasteiger partial charge in [0.15, 0.2) is 0 Å². The van der Waals surface area contributed by atoms with Crippen molar-refractivity contribution in [2.75, 3.05) is 0 Å². The molecule has 1 nitrogen and oxygen atoms in total. The van der Waals surface area contributed by atoms with Crippen molar-refractivity contribution in [1.29, 1.82) is 0 Å². The average molecular weight is 198 g/mol. The highest BCUT2D eigenvalue weighted by Crippen LogP contribution is 2.44. The van der Waals surface area contributed by atoms with Crippen molar-refractivity contribution in [3.63, 3.8) is 0 Å². The minimum Gasteiger partial charge on any atom is -0.389 e. The Morgan fingerprint density at radius 2 is 1.79 bits per heavy atom. The van der Waals surface area contributed by atoms with Crippen molar-refractivity contribution in [1.82, 2.24) is 0 Å². The molecule has 0 heterocycles. The summed E-state index contributed by atoms with van der Waals surface area (Å²) in [6.45, 7) is 11.1. The van der Waals surface area contributed by atoms with Crippen molar-refractivity contribution in [3.05, 3.63) is 0 Å². The molecule has 84 valence electrons. The van der Waals surface area contributed by atoms with E-state index in [-0.39, 0.29) is 0 Å². The summed E-state index contributed by atoms with van der Waals surface area (Å²) in [4.78, 5) is 0. The van der Waals surface area contributed by atoms with Crippen molar-refractivity contribution in [3.8, 4) is 0 Å². The highest BCUT2D eigenvalue weighted by Gasteiger charge is 2.44. The van der Waals surface area contributed by atoms with Gasteiger partial charge >= 0.3 is 0 Å². The molecule has 1 aliphatic carbocycles. The van der Waals surface area contributed by atoms with Crippen LogP contribution in [0.1, 0.15) is 53.9 Å². The van der Waals surface area contributed by atoms with E-state index in [0.29, 0.717) is 23.7 Å². The largest absolute Gasteiger partial charge is 0.389 e. The van der Waals surface area contributed by atoms with Gasteiger partial charge in [-0.3, -0.25) is 0 Å². The second-order valence-corrected chi connectivity index (χ2v) is 5.68. The van der Waals surface area contributed by atoms with E-state index in [1.807, 2.05) is 0 Å². The summed E-state index contributed by atoms with van der Waals surface area (Å²) < 4.78 is 0. The third-order valence-electron chi connectivity index (χ3n) is 4.67. The van der Waals surface area contributed by atoms with Gasteiger partial charge in [-0.25, -0.2) is 0 Å². The summed E-state index contributed by atoms with van der Waals surface area (Å²) in [5, 5.41) is 10.7. The molecule has 1 rings (SSSR count). The molecule has 1 heteroatoms. The lowest BCUT2D eigenvalue weighted by atomic mass is 9.63. The topological polar surface area (TPSA) is 20.2 Å². The van der Waals surface area contributed by atoms with E-state index in [9.17, 15) is 5.11 Å². The Kier molecular flexibility index (Phi) is 3.63. The van der Waals surface area contributed by atoms with Crippen LogP contribution in [0.2, 0.25) is 0 Å². The highest BCUT2D eigenvalue weighted by atomic mass is 16.3. The lowest BCUT2D eigenvalue weighted by molar-refractivity contribution is -0.113. The molecule has 0 aromatic heterocycles. The lowest BCUT2D eigenvalue weighted by Gasteiger charge is -2.47. The number of hydrogen-bond acceptors (Lipinski definition) is 1.